The largest absolute Gasteiger partial charge is 0.460 e. The van der Waals surface area contributed by atoms with Gasteiger partial charge in [0.25, 0.3) is 0 Å². The number of halogens is 1. The number of rotatable bonds is 4. The summed E-state index contributed by atoms with van der Waals surface area (Å²) in [6, 6.07) is 7.20. The van der Waals surface area contributed by atoms with E-state index >= 15 is 4.79 Å². The third-order valence-electron chi connectivity index (χ3n) is 9.77. The summed E-state index contributed by atoms with van der Waals surface area (Å²) in [7, 11) is 0. The number of carbonyl (C=O) groups is 4. The molecule has 5 aliphatic rings. The first-order valence-electron chi connectivity index (χ1n) is 15.7. The lowest BCUT2D eigenvalue weighted by Crippen LogP contribution is -2.58. The van der Waals surface area contributed by atoms with Gasteiger partial charge >= 0.3 is 5.97 Å². The first-order valence-corrected chi connectivity index (χ1v) is 16.5. The van der Waals surface area contributed by atoms with Crippen LogP contribution in [0.15, 0.2) is 53.0 Å². The number of amides is 3. The van der Waals surface area contributed by atoms with Crippen LogP contribution in [0.25, 0.3) is 0 Å². The fourth-order valence-corrected chi connectivity index (χ4v) is 8.46. The zero-order valence-corrected chi connectivity index (χ0v) is 26.5. The molecule has 0 unspecified atom stereocenters. The monoisotopic (exact) mass is 669 g/mol. The smallest absolute Gasteiger partial charge is 0.313 e. The van der Waals surface area contributed by atoms with Crippen LogP contribution in [-0.2, 0) is 28.7 Å². The van der Waals surface area contributed by atoms with Crippen LogP contribution in [0.5, 0.6) is 0 Å². The molecule has 1 aromatic carbocycles. The second-order valence-corrected chi connectivity index (χ2v) is 13.4. The Kier molecular flexibility index (Phi) is 8.99. The first kappa shape index (κ1) is 31.0. The van der Waals surface area contributed by atoms with Crippen molar-refractivity contribution in [1.82, 2.24) is 15.1 Å². The standard InChI is InChI=1S/C33H40BrN3O7/c1-20-18-35-25(39)15-9-4-10-16-36(22-13-7-3-8-14-22)31(41)29-33-17-23(34)28(44-33)26(32(42)43-20)27(33)30(40)37(29)24(19-38)21-11-5-2-6-12-21/h2,4-6,10-12,17,20,22,24,26-29,38H,3,7-9,13-16,18-19H2,1H3,(H,35,39)/b10-4-/t20-,24-,26+,27-,28+,29+,33-/m1/s1. The zero-order valence-electron chi connectivity index (χ0n) is 24.9. The van der Waals surface area contributed by atoms with Gasteiger partial charge in [0, 0.05) is 23.5 Å². The predicted octanol–water partition coefficient (Wildman–Crippen LogP) is 3.15. The Morgan fingerprint density at radius 2 is 1.82 bits per heavy atom. The van der Waals surface area contributed by atoms with Gasteiger partial charge in [-0.25, -0.2) is 0 Å². The number of nitrogens with zero attached hydrogens (tertiary/aromatic N) is 2. The maximum Gasteiger partial charge on any atom is 0.313 e. The minimum Gasteiger partial charge on any atom is -0.460 e. The molecule has 3 amide bonds. The molecule has 0 radical (unpaired) electrons. The number of cyclic esters (lactones) is 1. The number of allylic oxidation sites excluding steroid dienone is 1. The van der Waals surface area contributed by atoms with Crippen LogP contribution in [0.4, 0.5) is 0 Å². The SMILES string of the molecule is C[C@@H]1CNC(=O)CC/C=C\CN(C2CCCCC2)C(=O)[C@@H]2N([C@H](CO)c3ccccc3)C(=O)[C@H]3[C@H](C(=O)O1)[C@H]1O[C@@]23C=C1Br. The van der Waals surface area contributed by atoms with E-state index in [-0.39, 0.29) is 30.8 Å². The summed E-state index contributed by atoms with van der Waals surface area (Å²) in [4.78, 5) is 59.2. The maximum atomic E-state index is 15.0. The highest BCUT2D eigenvalue weighted by Gasteiger charge is 2.75. The van der Waals surface area contributed by atoms with E-state index < -0.39 is 60.2 Å². The number of benzene rings is 1. The Bertz CT molecular complexity index is 1350. The molecule has 2 N–H and O–H groups in total. The van der Waals surface area contributed by atoms with Crippen molar-refractivity contribution in [3.05, 3.63) is 58.6 Å². The van der Waals surface area contributed by atoms with Gasteiger partial charge in [0.15, 0.2) is 0 Å². The third-order valence-corrected chi connectivity index (χ3v) is 10.5. The predicted molar refractivity (Wildman–Crippen MR) is 164 cm³/mol. The van der Waals surface area contributed by atoms with Crippen molar-refractivity contribution in [2.75, 3.05) is 19.7 Å². The molecule has 1 saturated carbocycles. The molecule has 10 nitrogen and oxygen atoms in total. The van der Waals surface area contributed by atoms with Gasteiger partial charge in [-0.05, 0) is 37.8 Å². The quantitative estimate of drug-likeness (QED) is 0.373. The molecule has 2 saturated heterocycles. The summed E-state index contributed by atoms with van der Waals surface area (Å²) in [5, 5.41) is 13.6. The average molecular weight is 671 g/mol. The average Bonchev–Trinajstić information content (AvgIpc) is 3.62. The van der Waals surface area contributed by atoms with Gasteiger partial charge in [0.2, 0.25) is 17.7 Å². The molecule has 7 atom stereocenters. The number of hydrogen-bond donors (Lipinski definition) is 2. The number of carbonyl (C=O) groups excluding carboxylic acids is 4. The highest BCUT2D eigenvalue weighted by molar-refractivity contribution is 9.11. The minimum absolute atomic E-state index is 0.0318. The van der Waals surface area contributed by atoms with E-state index in [0.29, 0.717) is 23.0 Å². The molecule has 5 bridgehead atoms. The molecular weight excluding hydrogens is 630 g/mol. The minimum atomic E-state index is -1.43. The molecule has 4 heterocycles. The van der Waals surface area contributed by atoms with Crippen molar-refractivity contribution in [1.29, 1.82) is 0 Å². The van der Waals surface area contributed by atoms with Gasteiger partial charge in [-0.15, -0.1) is 0 Å². The number of likely N-dealkylation sites (tertiary alicyclic amines) is 1. The summed E-state index contributed by atoms with van der Waals surface area (Å²) in [6.45, 7) is 1.73. The number of fused-ring (bicyclic) bond motifs is 2. The molecule has 1 spiro atoms. The lowest BCUT2D eigenvalue weighted by molar-refractivity contribution is -0.159. The van der Waals surface area contributed by atoms with E-state index in [1.807, 2.05) is 47.4 Å². The van der Waals surface area contributed by atoms with Crippen LogP contribution in [0.3, 0.4) is 0 Å². The first-order chi connectivity index (χ1) is 21.3. The Hall–Kier alpha value is -3.02. The second-order valence-electron chi connectivity index (χ2n) is 12.5. The number of aliphatic hydroxyl groups excluding tert-OH is 1. The molecule has 3 fully saturated rings. The van der Waals surface area contributed by atoms with E-state index in [2.05, 4.69) is 21.2 Å². The zero-order chi connectivity index (χ0) is 31.0. The number of ether oxygens (including phenoxy) is 2. The normalized spacial score (nSPS) is 34.8. The number of hydrogen-bond acceptors (Lipinski definition) is 7. The molecule has 4 aliphatic heterocycles. The van der Waals surface area contributed by atoms with Crippen molar-refractivity contribution < 1.29 is 33.8 Å². The van der Waals surface area contributed by atoms with Gasteiger partial charge in [0.1, 0.15) is 29.8 Å². The fraction of sp³-hybridized carbons (Fsp3) is 0.576. The van der Waals surface area contributed by atoms with Crippen molar-refractivity contribution in [3.8, 4) is 0 Å². The van der Waals surface area contributed by atoms with Crippen LogP contribution >= 0.6 is 15.9 Å². The van der Waals surface area contributed by atoms with Crippen molar-refractivity contribution in [2.45, 2.75) is 87.8 Å². The fourth-order valence-electron chi connectivity index (χ4n) is 7.72. The Balaban J connectivity index is 1.48. The molecule has 11 heteroatoms. The lowest BCUT2D eigenvalue weighted by atomic mass is 9.74. The van der Waals surface area contributed by atoms with Gasteiger partial charge in [-0.3, -0.25) is 19.2 Å². The Labute approximate surface area is 265 Å². The highest BCUT2D eigenvalue weighted by Crippen LogP contribution is 2.60. The number of nitrogens with one attached hydrogen (secondary N) is 1. The van der Waals surface area contributed by atoms with E-state index in [1.165, 1.54) is 4.90 Å². The van der Waals surface area contributed by atoms with Gasteiger partial charge < -0.3 is 29.7 Å². The summed E-state index contributed by atoms with van der Waals surface area (Å²) in [6.07, 6.45) is 9.75. The highest BCUT2D eigenvalue weighted by atomic mass is 79.9. The van der Waals surface area contributed by atoms with Crippen LogP contribution < -0.4 is 5.32 Å². The van der Waals surface area contributed by atoms with E-state index in [0.717, 1.165) is 32.1 Å². The molecule has 44 heavy (non-hydrogen) atoms. The van der Waals surface area contributed by atoms with E-state index in [9.17, 15) is 19.5 Å². The summed E-state index contributed by atoms with van der Waals surface area (Å²) in [5.41, 5.74) is -0.740. The summed E-state index contributed by atoms with van der Waals surface area (Å²) in [5.74, 6) is -3.49. The third kappa shape index (κ3) is 5.41. The topological polar surface area (TPSA) is 125 Å². The number of aliphatic hydroxyl groups is 1. The van der Waals surface area contributed by atoms with Crippen LogP contribution in [0.2, 0.25) is 0 Å². The lowest BCUT2D eigenvalue weighted by Gasteiger charge is -2.42. The van der Waals surface area contributed by atoms with Crippen LogP contribution in [0.1, 0.15) is 63.5 Å². The van der Waals surface area contributed by atoms with Gasteiger partial charge in [0.05, 0.1) is 25.1 Å². The molecule has 0 aromatic heterocycles. The van der Waals surface area contributed by atoms with Gasteiger partial charge in [-0.2, -0.15) is 0 Å². The molecule has 1 aliphatic carbocycles. The van der Waals surface area contributed by atoms with Crippen molar-refractivity contribution in [3.63, 3.8) is 0 Å². The Morgan fingerprint density at radius 3 is 2.55 bits per heavy atom. The van der Waals surface area contributed by atoms with E-state index in [4.69, 9.17) is 9.47 Å². The summed E-state index contributed by atoms with van der Waals surface area (Å²) >= 11 is 3.59. The molecule has 1 aromatic rings. The number of esters is 1. The molecular formula is C33H40BrN3O7. The van der Waals surface area contributed by atoms with Crippen LogP contribution in [-0.4, -0.2) is 88.2 Å². The second kappa shape index (κ2) is 12.8. The molecule has 6 rings (SSSR count). The van der Waals surface area contributed by atoms with Crippen molar-refractivity contribution in [2.24, 2.45) is 11.8 Å². The maximum absolute atomic E-state index is 15.0. The summed E-state index contributed by atoms with van der Waals surface area (Å²) < 4.78 is 13.0. The van der Waals surface area contributed by atoms with Gasteiger partial charge in [-0.1, -0.05) is 77.7 Å². The molecule has 236 valence electrons. The van der Waals surface area contributed by atoms with Crippen molar-refractivity contribution >= 4 is 39.6 Å². The Morgan fingerprint density at radius 1 is 1.07 bits per heavy atom. The van der Waals surface area contributed by atoms with E-state index in [1.54, 1.807) is 13.0 Å². The van der Waals surface area contributed by atoms with Crippen LogP contribution in [0, 0.1) is 11.8 Å².